The van der Waals surface area contributed by atoms with Gasteiger partial charge in [0.2, 0.25) is 0 Å². The molecule has 72 valence electrons. The van der Waals surface area contributed by atoms with E-state index in [2.05, 4.69) is 10.4 Å². The second-order valence-corrected chi connectivity index (χ2v) is 3.76. The van der Waals surface area contributed by atoms with Gasteiger partial charge in [0.25, 0.3) is 0 Å². The van der Waals surface area contributed by atoms with Crippen LogP contribution in [-0.2, 0) is 7.05 Å². The third-order valence-electron chi connectivity index (χ3n) is 2.97. The van der Waals surface area contributed by atoms with Crippen LogP contribution in [0.2, 0.25) is 0 Å². The van der Waals surface area contributed by atoms with Crippen LogP contribution in [0.5, 0.6) is 0 Å². The monoisotopic (exact) mass is 180 g/mol. The van der Waals surface area contributed by atoms with Crippen molar-refractivity contribution in [1.82, 2.24) is 15.0 Å². The lowest BCUT2D eigenvalue weighted by atomic mass is 9.79. The number of aryl methyl sites for hydroxylation is 1. The van der Waals surface area contributed by atoms with Gasteiger partial charge in [-0.15, -0.1) is 0 Å². The zero-order valence-corrected chi connectivity index (χ0v) is 7.90. The third-order valence-corrected chi connectivity index (χ3v) is 2.97. The van der Waals surface area contributed by atoms with Gasteiger partial charge >= 0.3 is 0 Å². The maximum Gasteiger partial charge on any atom is 0.0946 e. The Bertz CT molecular complexity index is 277. The number of hydrogen-bond acceptors (Lipinski definition) is 3. The van der Waals surface area contributed by atoms with Crippen molar-refractivity contribution in [3.05, 3.63) is 18.2 Å². The summed E-state index contributed by atoms with van der Waals surface area (Å²) in [5.74, 6) is 6.25. The van der Waals surface area contributed by atoms with Crippen molar-refractivity contribution in [3.63, 3.8) is 0 Å². The van der Waals surface area contributed by atoms with Crippen molar-refractivity contribution in [2.75, 3.05) is 0 Å². The lowest BCUT2D eigenvalue weighted by molar-refractivity contribution is 0.226. The van der Waals surface area contributed by atoms with E-state index in [1.54, 1.807) is 0 Å². The topological polar surface area (TPSA) is 55.9 Å². The van der Waals surface area contributed by atoms with E-state index in [1.807, 2.05) is 24.1 Å². The standard InChI is InChI=1S/C9H16N4/c1-13-6-11-5-8(13)9(12-10)7-3-2-4-7/h5-7,9,12H,2-4,10H2,1H3. The Kier molecular flexibility index (Phi) is 2.33. The van der Waals surface area contributed by atoms with Gasteiger partial charge in [-0.05, 0) is 18.8 Å². The highest BCUT2D eigenvalue weighted by atomic mass is 15.3. The largest absolute Gasteiger partial charge is 0.336 e. The lowest BCUT2D eigenvalue weighted by Gasteiger charge is -2.33. The lowest BCUT2D eigenvalue weighted by Crippen LogP contribution is -2.37. The Hall–Kier alpha value is -0.870. The van der Waals surface area contributed by atoms with E-state index < -0.39 is 0 Å². The minimum atomic E-state index is 0.279. The Morgan fingerprint density at radius 2 is 2.46 bits per heavy atom. The van der Waals surface area contributed by atoms with Crippen molar-refractivity contribution in [1.29, 1.82) is 0 Å². The fourth-order valence-corrected chi connectivity index (χ4v) is 1.90. The van der Waals surface area contributed by atoms with Crippen molar-refractivity contribution >= 4 is 0 Å². The molecule has 1 aromatic rings. The molecule has 1 heterocycles. The molecule has 1 atom stereocenters. The average Bonchev–Trinajstić information content (AvgIpc) is 2.43. The molecule has 0 amide bonds. The Morgan fingerprint density at radius 3 is 2.85 bits per heavy atom. The summed E-state index contributed by atoms with van der Waals surface area (Å²) in [7, 11) is 2.01. The van der Waals surface area contributed by atoms with Crippen molar-refractivity contribution < 1.29 is 0 Å². The molecule has 1 saturated carbocycles. The fourth-order valence-electron chi connectivity index (χ4n) is 1.90. The molecule has 1 aliphatic rings. The summed E-state index contributed by atoms with van der Waals surface area (Å²) < 4.78 is 2.03. The van der Waals surface area contributed by atoms with Gasteiger partial charge in [-0.25, -0.2) is 4.98 Å². The van der Waals surface area contributed by atoms with E-state index in [0.717, 1.165) is 0 Å². The van der Waals surface area contributed by atoms with Gasteiger partial charge in [0.05, 0.1) is 18.1 Å². The first-order valence-corrected chi connectivity index (χ1v) is 4.75. The molecule has 0 bridgehead atoms. The molecule has 13 heavy (non-hydrogen) atoms. The molecule has 1 aromatic heterocycles. The van der Waals surface area contributed by atoms with E-state index in [9.17, 15) is 0 Å². The van der Waals surface area contributed by atoms with Crippen LogP contribution in [0.1, 0.15) is 31.0 Å². The van der Waals surface area contributed by atoms with E-state index in [1.165, 1.54) is 25.0 Å². The number of nitrogens with two attached hydrogens (primary N) is 1. The summed E-state index contributed by atoms with van der Waals surface area (Å²) in [5.41, 5.74) is 4.07. The molecule has 1 unspecified atom stereocenters. The van der Waals surface area contributed by atoms with Gasteiger partial charge in [0.15, 0.2) is 0 Å². The Labute approximate surface area is 78.1 Å². The molecule has 0 aromatic carbocycles. The van der Waals surface area contributed by atoms with Gasteiger partial charge in [-0.3, -0.25) is 11.3 Å². The SMILES string of the molecule is Cn1cncc1C(NN)C1CCC1. The number of nitrogens with zero attached hydrogens (tertiary/aromatic N) is 2. The molecule has 2 rings (SSSR count). The predicted molar refractivity (Wildman–Crippen MR) is 50.6 cm³/mol. The maximum atomic E-state index is 5.55. The third kappa shape index (κ3) is 1.47. The van der Waals surface area contributed by atoms with Crippen molar-refractivity contribution in [3.8, 4) is 0 Å². The van der Waals surface area contributed by atoms with Crippen molar-refractivity contribution in [2.24, 2.45) is 18.8 Å². The van der Waals surface area contributed by atoms with Crippen molar-refractivity contribution in [2.45, 2.75) is 25.3 Å². The normalized spacial score (nSPS) is 19.8. The first kappa shape index (κ1) is 8.72. The predicted octanol–water partition coefficient (Wildman–Crippen LogP) is 0.725. The maximum absolute atomic E-state index is 5.55. The molecule has 1 fully saturated rings. The molecule has 1 aliphatic carbocycles. The molecule has 0 radical (unpaired) electrons. The highest BCUT2D eigenvalue weighted by molar-refractivity contribution is 5.07. The number of hydrazine groups is 1. The molecule has 3 N–H and O–H groups in total. The molecule has 0 spiro atoms. The molecule has 4 heteroatoms. The van der Waals surface area contributed by atoms with Crippen LogP contribution in [0.4, 0.5) is 0 Å². The van der Waals surface area contributed by atoms with Crippen LogP contribution in [0.3, 0.4) is 0 Å². The second kappa shape index (κ2) is 3.47. The summed E-state index contributed by atoms with van der Waals surface area (Å²) >= 11 is 0. The van der Waals surface area contributed by atoms with Crippen LogP contribution < -0.4 is 11.3 Å². The van der Waals surface area contributed by atoms with Crippen LogP contribution in [-0.4, -0.2) is 9.55 Å². The first-order chi connectivity index (χ1) is 6.33. The van der Waals surface area contributed by atoms with E-state index in [0.29, 0.717) is 5.92 Å². The number of rotatable bonds is 3. The Balaban J connectivity index is 2.16. The summed E-state index contributed by atoms with van der Waals surface area (Å²) in [4.78, 5) is 4.10. The second-order valence-electron chi connectivity index (χ2n) is 3.76. The average molecular weight is 180 g/mol. The Morgan fingerprint density at radius 1 is 1.69 bits per heavy atom. The van der Waals surface area contributed by atoms with Gasteiger partial charge in [0, 0.05) is 13.2 Å². The molecular weight excluding hydrogens is 164 g/mol. The zero-order chi connectivity index (χ0) is 9.26. The van der Waals surface area contributed by atoms with E-state index in [-0.39, 0.29) is 6.04 Å². The van der Waals surface area contributed by atoms with Gasteiger partial charge in [0.1, 0.15) is 0 Å². The van der Waals surface area contributed by atoms with Crippen LogP contribution in [0.25, 0.3) is 0 Å². The quantitative estimate of drug-likeness (QED) is 0.532. The van der Waals surface area contributed by atoms with Crippen LogP contribution in [0, 0.1) is 5.92 Å². The van der Waals surface area contributed by atoms with Crippen LogP contribution in [0.15, 0.2) is 12.5 Å². The first-order valence-electron chi connectivity index (χ1n) is 4.75. The van der Waals surface area contributed by atoms with Crippen LogP contribution >= 0.6 is 0 Å². The zero-order valence-electron chi connectivity index (χ0n) is 7.90. The van der Waals surface area contributed by atoms with Gasteiger partial charge in [-0.2, -0.15) is 0 Å². The molecular formula is C9H16N4. The summed E-state index contributed by atoms with van der Waals surface area (Å²) in [6, 6.07) is 0.279. The minimum absolute atomic E-state index is 0.279. The molecule has 4 nitrogen and oxygen atoms in total. The number of nitrogens with one attached hydrogen (secondary N) is 1. The molecule has 0 saturated heterocycles. The van der Waals surface area contributed by atoms with Gasteiger partial charge < -0.3 is 4.57 Å². The fraction of sp³-hybridized carbons (Fsp3) is 0.667. The summed E-state index contributed by atoms with van der Waals surface area (Å²) in [6.45, 7) is 0. The van der Waals surface area contributed by atoms with E-state index >= 15 is 0 Å². The summed E-state index contributed by atoms with van der Waals surface area (Å²) in [5, 5.41) is 0. The highest BCUT2D eigenvalue weighted by Gasteiger charge is 2.29. The number of aromatic nitrogens is 2. The number of hydrogen-bond donors (Lipinski definition) is 2. The van der Waals surface area contributed by atoms with E-state index in [4.69, 9.17) is 5.84 Å². The highest BCUT2D eigenvalue weighted by Crippen LogP contribution is 2.36. The summed E-state index contributed by atoms with van der Waals surface area (Å²) in [6.07, 6.45) is 7.60. The van der Waals surface area contributed by atoms with Gasteiger partial charge in [-0.1, -0.05) is 6.42 Å². The smallest absolute Gasteiger partial charge is 0.0946 e. The molecule has 0 aliphatic heterocycles. The number of imidazole rings is 1. The minimum Gasteiger partial charge on any atom is -0.336 e.